The highest BCUT2D eigenvalue weighted by molar-refractivity contribution is 5.22. The molecular weight excluding hydrogens is 274 g/mol. The molecule has 6 heteroatoms. The molecule has 0 amide bonds. The van der Waals surface area contributed by atoms with Gasteiger partial charge in [0.05, 0.1) is 6.54 Å². The van der Waals surface area contributed by atoms with Crippen molar-refractivity contribution in [2.75, 3.05) is 20.6 Å². The normalized spacial score (nSPS) is 12.9. The lowest BCUT2D eigenvalue weighted by Crippen LogP contribution is -2.32. The van der Waals surface area contributed by atoms with Gasteiger partial charge in [0.2, 0.25) is 0 Å². The molecular formula is C15H20F2N4. The molecule has 0 bridgehead atoms. The molecule has 1 aromatic carbocycles. The molecule has 1 unspecified atom stereocenters. The first kappa shape index (κ1) is 15.6. The van der Waals surface area contributed by atoms with Crippen LogP contribution in [-0.4, -0.2) is 35.1 Å². The monoisotopic (exact) mass is 294 g/mol. The molecule has 1 aromatic heterocycles. The summed E-state index contributed by atoms with van der Waals surface area (Å²) in [6.45, 7) is 1.18. The Morgan fingerprint density at radius 3 is 2.76 bits per heavy atom. The third kappa shape index (κ3) is 3.65. The second-order valence-corrected chi connectivity index (χ2v) is 5.14. The predicted molar refractivity (Wildman–Crippen MR) is 77.7 cm³/mol. The van der Waals surface area contributed by atoms with Gasteiger partial charge in [-0.1, -0.05) is 12.1 Å². The minimum atomic E-state index is -0.820. The van der Waals surface area contributed by atoms with Gasteiger partial charge < -0.3 is 9.88 Å². The van der Waals surface area contributed by atoms with E-state index in [-0.39, 0.29) is 6.04 Å². The number of hydrogen-bond acceptors (Lipinski definition) is 3. The Hall–Kier alpha value is -1.79. The zero-order valence-corrected chi connectivity index (χ0v) is 12.5. The number of nitrogens with zero attached hydrogens (tertiary/aromatic N) is 3. The largest absolute Gasteiger partial charge is 0.337 e. The van der Waals surface area contributed by atoms with Gasteiger partial charge in [0.1, 0.15) is 5.82 Å². The summed E-state index contributed by atoms with van der Waals surface area (Å²) in [4.78, 5) is 6.28. The molecule has 0 aliphatic heterocycles. The Kier molecular flexibility index (Phi) is 5.03. The van der Waals surface area contributed by atoms with Crippen LogP contribution in [0.3, 0.4) is 0 Å². The van der Waals surface area contributed by atoms with Gasteiger partial charge >= 0.3 is 0 Å². The highest BCUT2D eigenvalue weighted by atomic mass is 19.2. The molecule has 0 radical (unpaired) electrons. The van der Waals surface area contributed by atoms with Crippen molar-refractivity contribution in [2.45, 2.75) is 12.6 Å². The average Bonchev–Trinajstić information content (AvgIpc) is 2.85. The lowest BCUT2D eigenvalue weighted by molar-refractivity contribution is 0.277. The summed E-state index contributed by atoms with van der Waals surface area (Å²) in [6, 6.07) is 3.97. The number of likely N-dealkylation sites (N-methyl/N-ethyl adjacent to an activating group) is 2. The minimum absolute atomic E-state index is 0.286. The van der Waals surface area contributed by atoms with E-state index >= 15 is 0 Å². The molecule has 0 spiro atoms. The first-order valence-corrected chi connectivity index (χ1v) is 6.78. The van der Waals surface area contributed by atoms with Crippen molar-refractivity contribution in [2.24, 2.45) is 7.05 Å². The Balaban J connectivity index is 2.08. The van der Waals surface area contributed by atoms with Crippen molar-refractivity contribution in [3.63, 3.8) is 0 Å². The van der Waals surface area contributed by atoms with Crippen LogP contribution in [0.2, 0.25) is 0 Å². The van der Waals surface area contributed by atoms with Crippen LogP contribution in [0.25, 0.3) is 0 Å². The van der Waals surface area contributed by atoms with Crippen molar-refractivity contribution in [3.8, 4) is 0 Å². The molecule has 0 saturated heterocycles. The van der Waals surface area contributed by atoms with Crippen molar-refractivity contribution in [1.29, 1.82) is 0 Å². The van der Waals surface area contributed by atoms with Crippen molar-refractivity contribution in [3.05, 3.63) is 53.6 Å². The molecule has 0 saturated carbocycles. The first-order chi connectivity index (χ1) is 10.0. The molecule has 0 fully saturated rings. The molecule has 1 atom stereocenters. The van der Waals surface area contributed by atoms with Crippen molar-refractivity contribution < 1.29 is 8.78 Å². The Labute approximate surface area is 123 Å². The smallest absolute Gasteiger partial charge is 0.163 e. The molecule has 1 heterocycles. The van der Waals surface area contributed by atoms with Crippen LogP contribution in [0, 0.1) is 11.6 Å². The molecule has 0 aliphatic rings. The van der Waals surface area contributed by atoms with Gasteiger partial charge in [-0.05, 0) is 20.2 Å². The molecule has 0 aliphatic carbocycles. The van der Waals surface area contributed by atoms with E-state index < -0.39 is 11.6 Å². The lowest BCUT2D eigenvalue weighted by Gasteiger charge is -2.24. The highest BCUT2D eigenvalue weighted by Gasteiger charge is 2.18. The van der Waals surface area contributed by atoms with Crippen molar-refractivity contribution in [1.82, 2.24) is 19.8 Å². The van der Waals surface area contributed by atoms with Gasteiger partial charge in [-0.25, -0.2) is 13.8 Å². The number of rotatable bonds is 6. The van der Waals surface area contributed by atoms with Crippen LogP contribution in [0.5, 0.6) is 0 Å². The summed E-state index contributed by atoms with van der Waals surface area (Å²) < 4.78 is 29.2. The fraction of sp³-hybridized carbons (Fsp3) is 0.400. The molecule has 114 valence electrons. The second-order valence-electron chi connectivity index (χ2n) is 5.14. The minimum Gasteiger partial charge on any atom is -0.337 e. The van der Waals surface area contributed by atoms with E-state index in [9.17, 15) is 8.78 Å². The molecule has 21 heavy (non-hydrogen) atoms. The van der Waals surface area contributed by atoms with E-state index in [0.717, 1.165) is 11.9 Å². The fourth-order valence-electron chi connectivity index (χ4n) is 2.30. The van der Waals surface area contributed by atoms with Crippen LogP contribution in [-0.2, 0) is 13.6 Å². The van der Waals surface area contributed by atoms with E-state index in [0.29, 0.717) is 18.7 Å². The second kappa shape index (κ2) is 6.78. The average molecular weight is 294 g/mol. The van der Waals surface area contributed by atoms with Gasteiger partial charge in [0.25, 0.3) is 0 Å². The Morgan fingerprint density at radius 2 is 2.14 bits per heavy atom. The standard InChI is InChI=1S/C15H20F2N4/c1-18-13(11-5-4-6-12(16)15(11)17)9-20(2)10-14-19-7-8-21(14)3/h4-8,13,18H,9-10H2,1-3H3. The summed E-state index contributed by atoms with van der Waals surface area (Å²) >= 11 is 0. The van der Waals surface area contributed by atoms with E-state index in [2.05, 4.69) is 10.3 Å². The van der Waals surface area contributed by atoms with Crippen LogP contribution >= 0.6 is 0 Å². The fourth-order valence-corrected chi connectivity index (χ4v) is 2.30. The predicted octanol–water partition coefficient (Wildman–Crippen LogP) is 2.09. The maximum Gasteiger partial charge on any atom is 0.163 e. The zero-order chi connectivity index (χ0) is 15.4. The molecule has 2 rings (SSSR count). The van der Waals surface area contributed by atoms with Gasteiger partial charge in [0, 0.05) is 37.6 Å². The van der Waals surface area contributed by atoms with E-state index in [1.54, 1.807) is 19.3 Å². The first-order valence-electron chi connectivity index (χ1n) is 6.78. The Bertz CT molecular complexity index is 597. The number of hydrogen-bond donors (Lipinski definition) is 1. The van der Waals surface area contributed by atoms with Crippen LogP contribution in [0.1, 0.15) is 17.4 Å². The van der Waals surface area contributed by atoms with E-state index in [1.807, 2.05) is 29.8 Å². The van der Waals surface area contributed by atoms with Crippen LogP contribution in [0.4, 0.5) is 8.78 Å². The molecule has 4 nitrogen and oxygen atoms in total. The summed E-state index contributed by atoms with van der Waals surface area (Å²) in [5.74, 6) is -0.686. The number of halogens is 2. The summed E-state index contributed by atoms with van der Waals surface area (Å²) in [5.41, 5.74) is 0.337. The van der Waals surface area contributed by atoms with E-state index in [4.69, 9.17) is 0 Å². The highest BCUT2D eigenvalue weighted by Crippen LogP contribution is 2.20. The lowest BCUT2D eigenvalue weighted by atomic mass is 10.1. The third-order valence-corrected chi connectivity index (χ3v) is 3.53. The maximum atomic E-state index is 13.9. The van der Waals surface area contributed by atoms with Crippen LogP contribution < -0.4 is 5.32 Å². The number of aromatic nitrogens is 2. The summed E-state index contributed by atoms with van der Waals surface area (Å²) in [6.07, 6.45) is 3.62. The summed E-state index contributed by atoms with van der Waals surface area (Å²) in [5, 5.41) is 3.04. The Morgan fingerprint density at radius 1 is 1.38 bits per heavy atom. The van der Waals surface area contributed by atoms with Crippen LogP contribution in [0.15, 0.2) is 30.6 Å². The number of nitrogens with one attached hydrogen (secondary N) is 1. The quantitative estimate of drug-likeness (QED) is 0.885. The molecule has 1 N–H and O–H groups in total. The van der Waals surface area contributed by atoms with Gasteiger partial charge in [-0.3, -0.25) is 4.90 Å². The summed E-state index contributed by atoms with van der Waals surface area (Å²) in [7, 11) is 5.60. The zero-order valence-electron chi connectivity index (χ0n) is 12.5. The van der Waals surface area contributed by atoms with Gasteiger partial charge in [-0.15, -0.1) is 0 Å². The molecule has 2 aromatic rings. The topological polar surface area (TPSA) is 33.1 Å². The number of imidazole rings is 1. The SMILES string of the molecule is CNC(CN(C)Cc1nccn1C)c1cccc(F)c1F. The van der Waals surface area contributed by atoms with Crippen molar-refractivity contribution >= 4 is 0 Å². The van der Waals surface area contributed by atoms with E-state index in [1.165, 1.54) is 6.07 Å². The van der Waals surface area contributed by atoms with Gasteiger partial charge in [0.15, 0.2) is 11.6 Å². The van der Waals surface area contributed by atoms with Gasteiger partial charge in [-0.2, -0.15) is 0 Å². The maximum absolute atomic E-state index is 13.9. The number of aryl methyl sites for hydroxylation is 1. The number of benzene rings is 1. The third-order valence-electron chi connectivity index (χ3n) is 3.53.